The average Bonchev–Trinajstić information content (AvgIpc) is 3.50. The Labute approximate surface area is 178 Å². The minimum Gasteiger partial charge on any atom is -0.352 e. The van der Waals surface area contributed by atoms with Crippen LogP contribution < -0.4 is 5.32 Å². The molecule has 2 aliphatic rings. The molecular formula is C22H31N7O. The first-order chi connectivity index (χ1) is 14.7. The predicted octanol–water partition coefficient (Wildman–Crippen LogP) is 1.19. The Kier molecular flexibility index (Phi) is 6.63. The Morgan fingerprint density at radius 2 is 1.87 bits per heavy atom. The summed E-state index contributed by atoms with van der Waals surface area (Å²) in [4.78, 5) is 23.4. The Morgan fingerprint density at radius 1 is 1.07 bits per heavy atom. The van der Waals surface area contributed by atoms with Gasteiger partial charge in [-0.3, -0.25) is 14.7 Å². The molecule has 1 amide bonds. The van der Waals surface area contributed by atoms with Crippen LogP contribution in [0.4, 0.5) is 0 Å². The van der Waals surface area contributed by atoms with E-state index in [1.807, 2.05) is 41.0 Å². The summed E-state index contributed by atoms with van der Waals surface area (Å²) in [6, 6.07) is 10.3. The molecule has 4 rings (SSSR count). The van der Waals surface area contributed by atoms with Crippen molar-refractivity contribution in [3.8, 4) is 5.69 Å². The fourth-order valence-corrected chi connectivity index (χ4v) is 4.12. The highest BCUT2D eigenvalue weighted by atomic mass is 16.2. The normalized spacial score (nSPS) is 18.1. The molecule has 0 spiro atoms. The SMILES string of the molecule is CN=C(NCc1cccc(-n2cccn2)c1)N1CCN(CC(=O)N2CCCC2)CC1. The summed E-state index contributed by atoms with van der Waals surface area (Å²) in [7, 11) is 1.83. The van der Waals surface area contributed by atoms with Gasteiger partial charge in [0, 0.05) is 65.3 Å². The summed E-state index contributed by atoms with van der Waals surface area (Å²) >= 11 is 0. The van der Waals surface area contributed by atoms with Crippen LogP contribution in [0.25, 0.3) is 5.69 Å². The number of carbonyl (C=O) groups excluding carboxylic acids is 1. The first kappa shape index (κ1) is 20.4. The van der Waals surface area contributed by atoms with E-state index < -0.39 is 0 Å². The van der Waals surface area contributed by atoms with Crippen molar-refractivity contribution >= 4 is 11.9 Å². The number of hydrogen-bond donors (Lipinski definition) is 1. The fourth-order valence-electron chi connectivity index (χ4n) is 4.12. The van der Waals surface area contributed by atoms with Gasteiger partial charge in [0.25, 0.3) is 0 Å². The number of likely N-dealkylation sites (tertiary alicyclic amines) is 1. The van der Waals surface area contributed by atoms with E-state index in [1.165, 1.54) is 5.56 Å². The maximum Gasteiger partial charge on any atom is 0.236 e. The van der Waals surface area contributed by atoms with E-state index in [0.29, 0.717) is 13.1 Å². The van der Waals surface area contributed by atoms with Crippen molar-refractivity contribution in [2.75, 3.05) is 52.9 Å². The zero-order chi connectivity index (χ0) is 20.8. The molecule has 2 fully saturated rings. The molecule has 2 aromatic rings. The molecule has 2 saturated heterocycles. The second-order valence-corrected chi connectivity index (χ2v) is 7.87. The van der Waals surface area contributed by atoms with Crippen molar-refractivity contribution in [2.45, 2.75) is 19.4 Å². The van der Waals surface area contributed by atoms with Crippen LogP contribution in [0, 0.1) is 0 Å². The summed E-state index contributed by atoms with van der Waals surface area (Å²) in [5.74, 6) is 1.19. The standard InChI is InChI=1S/C22H31N7O/c1-23-22(24-17-19-6-4-7-20(16-19)29-11-5-8-25-29)28-14-12-26(13-15-28)18-21(30)27-9-2-3-10-27/h4-8,11,16H,2-3,9-10,12-15,17-18H2,1H3,(H,23,24). The lowest BCUT2D eigenvalue weighted by molar-refractivity contribution is -0.131. The highest BCUT2D eigenvalue weighted by molar-refractivity contribution is 5.80. The third-order valence-electron chi connectivity index (χ3n) is 5.83. The van der Waals surface area contributed by atoms with Crippen molar-refractivity contribution in [3.63, 3.8) is 0 Å². The van der Waals surface area contributed by atoms with Crippen LogP contribution in [0.3, 0.4) is 0 Å². The van der Waals surface area contributed by atoms with Crippen LogP contribution in [0.15, 0.2) is 47.7 Å². The smallest absolute Gasteiger partial charge is 0.236 e. The van der Waals surface area contributed by atoms with Crippen LogP contribution in [-0.4, -0.2) is 89.2 Å². The second-order valence-electron chi connectivity index (χ2n) is 7.87. The minimum absolute atomic E-state index is 0.278. The number of rotatable bonds is 5. The van der Waals surface area contributed by atoms with Gasteiger partial charge >= 0.3 is 0 Å². The maximum absolute atomic E-state index is 12.4. The van der Waals surface area contributed by atoms with Crippen LogP contribution in [0.1, 0.15) is 18.4 Å². The van der Waals surface area contributed by atoms with Gasteiger partial charge < -0.3 is 15.1 Å². The summed E-state index contributed by atoms with van der Waals surface area (Å²) in [6.45, 7) is 6.62. The van der Waals surface area contributed by atoms with Gasteiger partial charge in [0.1, 0.15) is 0 Å². The molecule has 0 bridgehead atoms. The highest BCUT2D eigenvalue weighted by Gasteiger charge is 2.24. The van der Waals surface area contributed by atoms with Crippen molar-refractivity contribution < 1.29 is 4.79 Å². The van der Waals surface area contributed by atoms with Gasteiger partial charge in [0.05, 0.1) is 12.2 Å². The van der Waals surface area contributed by atoms with Crippen molar-refractivity contribution in [3.05, 3.63) is 48.3 Å². The molecule has 8 nitrogen and oxygen atoms in total. The van der Waals surface area contributed by atoms with Crippen LogP contribution in [-0.2, 0) is 11.3 Å². The monoisotopic (exact) mass is 409 g/mol. The molecule has 1 aromatic heterocycles. The van der Waals surface area contributed by atoms with Gasteiger partial charge in [0.2, 0.25) is 5.91 Å². The minimum atomic E-state index is 0.278. The topological polar surface area (TPSA) is 69.0 Å². The van der Waals surface area contributed by atoms with Crippen molar-refractivity contribution in [1.82, 2.24) is 29.8 Å². The molecular weight excluding hydrogens is 378 g/mol. The number of aliphatic imine (C=N–C) groups is 1. The third kappa shape index (κ3) is 4.99. The average molecular weight is 410 g/mol. The summed E-state index contributed by atoms with van der Waals surface area (Å²) in [5.41, 5.74) is 2.23. The first-order valence-electron chi connectivity index (χ1n) is 10.8. The van der Waals surface area contributed by atoms with E-state index in [9.17, 15) is 4.79 Å². The van der Waals surface area contributed by atoms with E-state index in [2.05, 4.69) is 37.3 Å². The lowest BCUT2D eigenvalue weighted by Crippen LogP contribution is -2.54. The van der Waals surface area contributed by atoms with Crippen LogP contribution in [0.5, 0.6) is 0 Å². The Bertz CT molecular complexity index is 850. The van der Waals surface area contributed by atoms with Crippen molar-refractivity contribution in [2.24, 2.45) is 4.99 Å². The van der Waals surface area contributed by atoms with Gasteiger partial charge in [-0.1, -0.05) is 12.1 Å². The molecule has 2 aliphatic heterocycles. The van der Waals surface area contributed by atoms with Crippen LogP contribution >= 0.6 is 0 Å². The lowest BCUT2D eigenvalue weighted by Gasteiger charge is -2.36. The number of hydrogen-bond acceptors (Lipinski definition) is 4. The van der Waals surface area contributed by atoms with Gasteiger partial charge in [-0.15, -0.1) is 0 Å². The molecule has 160 valence electrons. The molecule has 0 unspecified atom stereocenters. The van der Waals surface area contributed by atoms with Crippen LogP contribution in [0.2, 0.25) is 0 Å². The zero-order valence-corrected chi connectivity index (χ0v) is 17.7. The lowest BCUT2D eigenvalue weighted by atomic mass is 10.2. The Balaban J connectivity index is 1.26. The summed E-state index contributed by atoms with van der Waals surface area (Å²) in [5, 5.41) is 7.78. The number of benzene rings is 1. The molecule has 1 aromatic carbocycles. The second kappa shape index (κ2) is 9.75. The predicted molar refractivity (Wildman–Crippen MR) is 118 cm³/mol. The maximum atomic E-state index is 12.4. The summed E-state index contributed by atoms with van der Waals surface area (Å²) in [6.07, 6.45) is 6.02. The number of aromatic nitrogens is 2. The molecule has 0 radical (unpaired) electrons. The number of amides is 1. The fraction of sp³-hybridized carbons (Fsp3) is 0.500. The largest absolute Gasteiger partial charge is 0.352 e. The number of carbonyl (C=O) groups is 1. The van der Waals surface area contributed by atoms with Gasteiger partial charge in [-0.25, -0.2) is 4.68 Å². The van der Waals surface area contributed by atoms with E-state index >= 15 is 0 Å². The molecule has 1 N–H and O–H groups in total. The molecule has 0 saturated carbocycles. The zero-order valence-electron chi connectivity index (χ0n) is 17.7. The Hall–Kier alpha value is -2.87. The first-order valence-corrected chi connectivity index (χ1v) is 10.8. The third-order valence-corrected chi connectivity index (χ3v) is 5.83. The number of nitrogens with one attached hydrogen (secondary N) is 1. The van der Waals surface area contributed by atoms with Crippen molar-refractivity contribution in [1.29, 1.82) is 0 Å². The number of guanidine groups is 1. The Morgan fingerprint density at radius 3 is 2.57 bits per heavy atom. The summed E-state index contributed by atoms with van der Waals surface area (Å²) < 4.78 is 1.86. The van der Waals surface area contributed by atoms with Gasteiger partial charge in [-0.05, 0) is 36.6 Å². The molecule has 3 heterocycles. The van der Waals surface area contributed by atoms with E-state index in [4.69, 9.17) is 0 Å². The number of nitrogens with zero attached hydrogens (tertiary/aromatic N) is 6. The number of piperazine rings is 1. The van der Waals surface area contributed by atoms with Gasteiger partial charge in [-0.2, -0.15) is 5.10 Å². The van der Waals surface area contributed by atoms with E-state index in [0.717, 1.165) is 63.8 Å². The molecule has 0 aliphatic carbocycles. The van der Waals surface area contributed by atoms with E-state index in [-0.39, 0.29) is 5.91 Å². The molecule has 30 heavy (non-hydrogen) atoms. The highest BCUT2D eigenvalue weighted by Crippen LogP contribution is 2.11. The molecule has 0 atom stereocenters. The van der Waals surface area contributed by atoms with Gasteiger partial charge in [0.15, 0.2) is 5.96 Å². The van der Waals surface area contributed by atoms with E-state index in [1.54, 1.807) is 6.20 Å². The quantitative estimate of drug-likeness (QED) is 0.593. The molecule has 8 heteroatoms.